The van der Waals surface area contributed by atoms with E-state index in [4.69, 9.17) is 9.47 Å². The number of aryl methyl sites for hydroxylation is 1. The molecule has 2 aromatic rings. The maximum atomic E-state index is 12.9. The van der Waals surface area contributed by atoms with Gasteiger partial charge in [-0.3, -0.25) is 9.59 Å². The van der Waals surface area contributed by atoms with Crippen molar-refractivity contribution in [2.75, 3.05) is 44.1 Å². The van der Waals surface area contributed by atoms with Crippen LogP contribution in [-0.2, 0) is 26.0 Å². The van der Waals surface area contributed by atoms with E-state index < -0.39 is 10.0 Å². The highest BCUT2D eigenvalue weighted by Gasteiger charge is 2.31. The molecule has 0 radical (unpaired) electrons. The van der Waals surface area contributed by atoms with Crippen LogP contribution in [0.5, 0.6) is 11.5 Å². The molecule has 9 nitrogen and oxygen atoms in total. The lowest BCUT2D eigenvalue weighted by Gasteiger charge is -2.29. The SMILES string of the molecule is COc1ccc(NC(=O)CN2C(=O)CCc3cc(S(=O)(=O)N4CCCC4)ccc32)cc1OC. The number of anilines is 2. The standard InChI is InChI=1S/C23H27N3O6S/c1-31-20-9-6-17(14-21(20)32-2)24-22(27)15-26-19-8-7-18(13-16(19)5-10-23(26)28)33(29,30)25-11-3-4-12-25/h6-9,13-14H,3-5,10-12,15H2,1-2H3,(H,24,27). The Bertz CT molecular complexity index is 1170. The Morgan fingerprint density at radius 1 is 1.00 bits per heavy atom. The zero-order chi connectivity index (χ0) is 23.6. The molecule has 1 fully saturated rings. The summed E-state index contributed by atoms with van der Waals surface area (Å²) in [6, 6.07) is 9.77. The minimum atomic E-state index is -3.55. The molecule has 0 unspecified atom stereocenters. The molecule has 2 heterocycles. The zero-order valence-corrected chi connectivity index (χ0v) is 19.5. The molecule has 2 aliphatic rings. The van der Waals surface area contributed by atoms with E-state index in [-0.39, 0.29) is 29.7 Å². The molecule has 4 rings (SSSR count). The topological polar surface area (TPSA) is 105 Å². The van der Waals surface area contributed by atoms with E-state index in [2.05, 4.69) is 5.32 Å². The average molecular weight is 474 g/mol. The summed E-state index contributed by atoms with van der Waals surface area (Å²) in [5.74, 6) is 0.453. The average Bonchev–Trinajstić information content (AvgIpc) is 3.36. The summed E-state index contributed by atoms with van der Waals surface area (Å²) in [6.45, 7) is 0.874. The van der Waals surface area contributed by atoms with Crippen molar-refractivity contribution >= 4 is 33.2 Å². The number of hydrogen-bond acceptors (Lipinski definition) is 6. The van der Waals surface area contributed by atoms with Gasteiger partial charge in [-0.05, 0) is 55.2 Å². The number of fused-ring (bicyclic) bond motifs is 1. The molecule has 2 aromatic carbocycles. The number of carbonyl (C=O) groups excluding carboxylic acids is 2. The molecule has 1 saturated heterocycles. The molecule has 0 aliphatic carbocycles. The third-order valence-corrected chi connectivity index (χ3v) is 7.82. The first kappa shape index (κ1) is 23.1. The highest BCUT2D eigenvalue weighted by atomic mass is 32.2. The van der Waals surface area contributed by atoms with Gasteiger partial charge in [0.25, 0.3) is 0 Å². The van der Waals surface area contributed by atoms with Crippen molar-refractivity contribution in [3.05, 3.63) is 42.0 Å². The second-order valence-corrected chi connectivity index (χ2v) is 9.94. The van der Waals surface area contributed by atoms with Crippen molar-refractivity contribution in [3.63, 3.8) is 0 Å². The van der Waals surface area contributed by atoms with Crippen LogP contribution in [0.25, 0.3) is 0 Å². The fraction of sp³-hybridized carbons (Fsp3) is 0.391. The van der Waals surface area contributed by atoms with Crippen LogP contribution in [0, 0.1) is 0 Å². The number of sulfonamides is 1. The van der Waals surface area contributed by atoms with E-state index in [1.165, 1.54) is 29.5 Å². The Kier molecular flexibility index (Phi) is 6.57. The van der Waals surface area contributed by atoms with Crippen LogP contribution in [0.15, 0.2) is 41.3 Å². The van der Waals surface area contributed by atoms with E-state index in [0.717, 1.165) is 18.4 Å². The molecular weight excluding hydrogens is 446 g/mol. The van der Waals surface area contributed by atoms with Gasteiger partial charge in [0.15, 0.2) is 11.5 Å². The summed E-state index contributed by atoms with van der Waals surface area (Å²) in [5.41, 5.74) is 1.82. The van der Waals surface area contributed by atoms with Crippen LogP contribution >= 0.6 is 0 Å². The molecular formula is C23H27N3O6S. The van der Waals surface area contributed by atoms with Crippen molar-refractivity contribution in [1.82, 2.24) is 4.31 Å². The van der Waals surface area contributed by atoms with Crippen molar-refractivity contribution in [1.29, 1.82) is 0 Å². The molecule has 10 heteroatoms. The minimum Gasteiger partial charge on any atom is -0.493 e. The van der Waals surface area contributed by atoms with Crippen LogP contribution in [-0.4, -0.2) is 58.4 Å². The number of amides is 2. The van der Waals surface area contributed by atoms with Crippen LogP contribution < -0.4 is 19.7 Å². The van der Waals surface area contributed by atoms with Gasteiger partial charge < -0.3 is 19.7 Å². The number of nitrogens with zero attached hydrogens (tertiary/aromatic N) is 2. The van der Waals surface area contributed by atoms with Gasteiger partial charge >= 0.3 is 0 Å². The van der Waals surface area contributed by atoms with Gasteiger partial charge in [-0.1, -0.05) is 0 Å². The van der Waals surface area contributed by atoms with Crippen LogP contribution in [0.1, 0.15) is 24.8 Å². The summed E-state index contributed by atoms with van der Waals surface area (Å²) in [5, 5.41) is 2.77. The van der Waals surface area contributed by atoms with Gasteiger partial charge in [-0.15, -0.1) is 0 Å². The first-order chi connectivity index (χ1) is 15.8. The third-order valence-electron chi connectivity index (χ3n) is 5.92. The fourth-order valence-corrected chi connectivity index (χ4v) is 5.77. The highest BCUT2D eigenvalue weighted by Crippen LogP contribution is 2.32. The van der Waals surface area contributed by atoms with Gasteiger partial charge in [-0.2, -0.15) is 4.31 Å². The first-order valence-corrected chi connectivity index (χ1v) is 12.2. The Morgan fingerprint density at radius 2 is 1.73 bits per heavy atom. The second kappa shape index (κ2) is 9.40. The summed E-state index contributed by atoms with van der Waals surface area (Å²) in [7, 11) is -0.521. The van der Waals surface area contributed by atoms with E-state index >= 15 is 0 Å². The molecule has 0 saturated carbocycles. The fourth-order valence-electron chi connectivity index (χ4n) is 4.21. The number of carbonyl (C=O) groups is 2. The molecule has 2 amide bonds. The van der Waals surface area contributed by atoms with Gasteiger partial charge in [0.2, 0.25) is 21.8 Å². The monoisotopic (exact) mass is 473 g/mol. The number of nitrogens with one attached hydrogen (secondary N) is 1. The van der Waals surface area contributed by atoms with Gasteiger partial charge in [0.05, 0.1) is 19.1 Å². The molecule has 0 atom stereocenters. The number of ether oxygens (including phenoxy) is 2. The van der Waals surface area contributed by atoms with E-state index in [0.29, 0.717) is 42.4 Å². The molecule has 2 aliphatic heterocycles. The zero-order valence-electron chi connectivity index (χ0n) is 18.7. The van der Waals surface area contributed by atoms with Gasteiger partial charge in [-0.25, -0.2) is 8.42 Å². The lowest BCUT2D eigenvalue weighted by atomic mass is 10.0. The smallest absolute Gasteiger partial charge is 0.244 e. The first-order valence-electron chi connectivity index (χ1n) is 10.8. The van der Waals surface area contributed by atoms with Gasteiger partial charge in [0, 0.05) is 37.0 Å². The number of benzene rings is 2. The third kappa shape index (κ3) is 4.67. The molecule has 0 spiro atoms. The van der Waals surface area contributed by atoms with Crippen LogP contribution in [0.3, 0.4) is 0 Å². The van der Waals surface area contributed by atoms with E-state index in [9.17, 15) is 18.0 Å². The quantitative estimate of drug-likeness (QED) is 0.662. The van der Waals surface area contributed by atoms with E-state index in [1.807, 2.05) is 0 Å². The Labute approximate surface area is 193 Å². The molecule has 33 heavy (non-hydrogen) atoms. The maximum Gasteiger partial charge on any atom is 0.244 e. The molecule has 0 bridgehead atoms. The van der Waals surface area contributed by atoms with Crippen molar-refractivity contribution in [3.8, 4) is 11.5 Å². The Hall–Kier alpha value is -3.11. The van der Waals surface area contributed by atoms with Crippen molar-refractivity contribution in [2.24, 2.45) is 0 Å². The van der Waals surface area contributed by atoms with Crippen molar-refractivity contribution in [2.45, 2.75) is 30.6 Å². The van der Waals surface area contributed by atoms with Crippen molar-refractivity contribution < 1.29 is 27.5 Å². The molecule has 1 N–H and O–H groups in total. The lowest BCUT2D eigenvalue weighted by Crippen LogP contribution is -2.41. The highest BCUT2D eigenvalue weighted by molar-refractivity contribution is 7.89. The normalized spacial score (nSPS) is 16.4. The molecule has 176 valence electrons. The predicted octanol–water partition coefficient (Wildman–Crippen LogP) is 2.41. The summed E-state index contributed by atoms with van der Waals surface area (Å²) in [6.07, 6.45) is 2.37. The lowest BCUT2D eigenvalue weighted by molar-refractivity contribution is -0.121. The molecule has 0 aromatic heterocycles. The maximum absolute atomic E-state index is 12.9. The summed E-state index contributed by atoms with van der Waals surface area (Å²) in [4.78, 5) is 26.9. The summed E-state index contributed by atoms with van der Waals surface area (Å²) >= 11 is 0. The predicted molar refractivity (Wildman–Crippen MR) is 123 cm³/mol. The summed E-state index contributed by atoms with van der Waals surface area (Å²) < 4.78 is 37.8. The minimum absolute atomic E-state index is 0.180. The van der Waals surface area contributed by atoms with Crippen LogP contribution in [0.4, 0.5) is 11.4 Å². The second-order valence-electron chi connectivity index (χ2n) is 8.00. The van der Waals surface area contributed by atoms with E-state index in [1.54, 1.807) is 30.3 Å². The van der Waals surface area contributed by atoms with Gasteiger partial charge in [0.1, 0.15) is 6.54 Å². The Morgan fingerprint density at radius 3 is 2.42 bits per heavy atom. The van der Waals surface area contributed by atoms with Crippen LogP contribution in [0.2, 0.25) is 0 Å². The number of methoxy groups -OCH3 is 2. The number of hydrogen-bond donors (Lipinski definition) is 1. The Balaban J connectivity index is 1.52. The number of rotatable bonds is 7. The largest absolute Gasteiger partial charge is 0.493 e.